The molecule has 0 aromatic heterocycles. The summed E-state index contributed by atoms with van der Waals surface area (Å²) in [6.07, 6.45) is 3.57. The summed E-state index contributed by atoms with van der Waals surface area (Å²) >= 11 is 17.3. The summed E-state index contributed by atoms with van der Waals surface area (Å²) in [6.45, 7) is 0. The van der Waals surface area contributed by atoms with Gasteiger partial charge in [0, 0.05) is 0 Å². The maximum Gasteiger partial charge on any atom is 0.142 e. The number of hydrogen-bond acceptors (Lipinski definition) is 1. The molecule has 0 saturated heterocycles. The smallest absolute Gasteiger partial charge is 0.142 e. The fourth-order valence-corrected chi connectivity index (χ4v) is 1.42. The zero-order valence-electron chi connectivity index (χ0n) is 6.43. The Balaban J connectivity index is 3.17. The van der Waals surface area contributed by atoms with Gasteiger partial charge in [0.2, 0.25) is 0 Å². The molecule has 0 radical (unpaired) electrons. The van der Waals surface area contributed by atoms with Crippen molar-refractivity contribution in [3.63, 3.8) is 0 Å². The third kappa shape index (κ3) is 2.47. The van der Waals surface area contributed by atoms with Crippen LogP contribution in [0, 0.1) is 0 Å². The van der Waals surface area contributed by atoms with Gasteiger partial charge in [0.25, 0.3) is 0 Å². The molecule has 1 nitrogen and oxygen atoms in total. The van der Waals surface area contributed by atoms with Crippen molar-refractivity contribution in [2.75, 3.05) is 0 Å². The number of carbonyl (C=O) groups excluding carboxylic acids is 1. The van der Waals surface area contributed by atoms with Gasteiger partial charge in [-0.05, 0) is 17.7 Å². The van der Waals surface area contributed by atoms with Crippen molar-refractivity contribution in [3.05, 3.63) is 38.8 Å². The Bertz CT molecular complexity index is 358. The van der Waals surface area contributed by atoms with Gasteiger partial charge >= 0.3 is 0 Å². The van der Waals surface area contributed by atoms with Crippen LogP contribution >= 0.6 is 34.8 Å². The first kappa shape index (κ1) is 10.6. The first-order valence-corrected chi connectivity index (χ1v) is 4.55. The van der Waals surface area contributed by atoms with Gasteiger partial charge in [-0.3, -0.25) is 4.79 Å². The van der Waals surface area contributed by atoms with Crippen LogP contribution in [-0.2, 0) is 4.79 Å². The number of benzene rings is 1. The number of rotatable bonds is 2. The third-order valence-electron chi connectivity index (χ3n) is 1.42. The van der Waals surface area contributed by atoms with E-state index in [-0.39, 0.29) is 0 Å². The van der Waals surface area contributed by atoms with Crippen molar-refractivity contribution in [1.29, 1.82) is 0 Å². The summed E-state index contributed by atoms with van der Waals surface area (Å²) in [7, 11) is 0. The van der Waals surface area contributed by atoms with E-state index in [4.69, 9.17) is 34.8 Å². The zero-order chi connectivity index (χ0) is 9.84. The van der Waals surface area contributed by atoms with E-state index < -0.39 is 0 Å². The van der Waals surface area contributed by atoms with Crippen LogP contribution in [0.4, 0.5) is 0 Å². The van der Waals surface area contributed by atoms with E-state index in [1.807, 2.05) is 0 Å². The molecule has 0 amide bonds. The van der Waals surface area contributed by atoms with Crippen molar-refractivity contribution in [1.82, 2.24) is 0 Å². The molecule has 0 aliphatic heterocycles. The van der Waals surface area contributed by atoms with Crippen LogP contribution in [-0.4, -0.2) is 6.29 Å². The summed E-state index contributed by atoms with van der Waals surface area (Å²) in [5.41, 5.74) is 0.670. The second-order valence-corrected chi connectivity index (χ2v) is 3.42. The van der Waals surface area contributed by atoms with E-state index in [2.05, 4.69) is 0 Å². The molecule has 0 aliphatic rings. The van der Waals surface area contributed by atoms with Crippen LogP contribution in [0.15, 0.2) is 18.2 Å². The molecule has 0 fully saturated rings. The molecule has 0 aliphatic carbocycles. The molecular weight excluding hydrogens is 230 g/mol. The first-order chi connectivity index (χ1) is 6.16. The van der Waals surface area contributed by atoms with Gasteiger partial charge in [0.05, 0.1) is 15.1 Å². The number of halogens is 3. The number of allylic oxidation sites excluding steroid dienone is 1. The average Bonchev–Trinajstić information content (AvgIpc) is 2.13. The Kier molecular flexibility index (Phi) is 3.79. The number of carbonyl (C=O) groups is 1. The molecule has 68 valence electrons. The first-order valence-electron chi connectivity index (χ1n) is 3.42. The number of aldehydes is 1. The highest BCUT2D eigenvalue weighted by molar-refractivity contribution is 6.48. The van der Waals surface area contributed by atoms with Crippen molar-refractivity contribution in [3.8, 4) is 0 Å². The van der Waals surface area contributed by atoms with Gasteiger partial charge < -0.3 is 0 Å². The lowest BCUT2D eigenvalue weighted by molar-refractivity contribution is -0.104. The Morgan fingerprint density at radius 2 is 1.77 bits per heavy atom. The van der Waals surface area contributed by atoms with Gasteiger partial charge in [0.15, 0.2) is 0 Å². The monoisotopic (exact) mass is 234 g/mol. The summed E-state index contributed by atoms with van der Waals surface area (Å²) < 4.78 is 0. The fourth-order valence-electron chi connectivity index (χ4n) is 0.813. The molecule has 0 bridgehead atoms. The molecule has 0 spiro atoms. The second-order valence-electron chi connectivity index (χ2n) is 2.26. The Hall–Kier alpha value is -0.500. The van der Waals surface area contributed by atoms with E-state index in [1.165, 1.54) is 6.08 Å². The van der Waals surface area contributed by atoms with E-state index >= 15 is 0 Å². The topological polar surface area (TPSA) is 17.1 Å². The van der Waals surface area contributed by atoms with Gasteiger partial charge in [-0.1, -0.05) is 46.9 Å². The third-order valence-corrected chi connectivity index (χ3v) is 2.73. The summed E-state index contributed by atoms with van der Waals surface area (Å²) in [5, 5.41) is 1.05. The molecule has 0 saturated carbocycles. The molecule has 0 unspecified atom stereocenters. The van der Waals surface area contributed by atoms with Crippen molar-refractivity contribution >= 4 is 47.2 Å². The molecule has 0 heterocycles. The molecule has 4 heteroatoms. The summed E-state index contributed by atoms with van der Waals surface area (Å²) in [6, 6.07) is 3.32. The normalized spacial score (nSPS) is 10.7. The number of hydrogen-bond donors (Lipinski definition) is 0. The van der Waals surface area contributed by atoms with Crippen molar-refractivity contribution in [2.45, 2.75) is 0 Å². The maximum atomic E-state index is 10.1. The SMILES string of the molecule is O=CC=Cc1ccc(Cl)c(Cl)c1Cl. The van der Waals surface area contributed by atoms with Crippen molar-refractivity contribution in [2.24, 2.45) is 0 Å². The van der Waals surface area contributed by atoms with Gasteiger partial charge in [0.1, 0.15) is 6.29 Å². The molecule has 0 N–H and O–H groups in total. The van der Waals surface area contributed by atoms with Gasteiger partial charge in [-0.15, -0.1) is 0 Å². The lowest BCUT2D eigenvalue weighted by Crippen LogP contribution is -1.78. The van der Waals surface area contributed by atoms with E-state index in [1.54, 1.807) is 18.2 Å². The highest BCUT2D eigenvalue weighted by atomic mass is 35.5. The predicted octanol–water partition coefficient (Wildman–Crippen LogP) is 3.86. The summed E-state index contributed by atoms with van der Waals surface area (Å²) in [5.74, 6) is 0. The Morgan fingerprint density at radius 3 is 2.38 bits per heavy atom. The zero-order valence-corrected chi connectivity index (χ0v) is 8.70. The fraction of sp³-hybridized carbons (Fsp3) is 0. The van der Waals surface area contributed by atoms with Gasteiger partial charge in [-0.25, -0.2) is 0 Å². The minimum Gasteiger partial charge on any atom is -0.299 e. The highest BCUT2D eigenvalue weighted by Crippen LogP contribution is 2.33. The highest BCUT2D eigenvalue weighted by Gasteiger charge is 2.05. The van der Waals surface area contributed by atoms with Crippen LogP contribution in [0.3, 0.4) is 0 Å². The maximum absolute atomic E-state index is 10.1. The lowest BCUT2D eigenvalue weighted by atomic mass is 10.2. The predicted molar refractivity (Wildman–Crippen MR) is 56.6 cm³/mol. The molecule has 0 atom stereocenters. The second kappa shape index (κ2) is 4.66. The molecule has 1 rings (SSSR count). The quantitative estimate of drug-likeness (QED) is 0.432. The standard InChI is InChI=1S/C9H5Cl3O/c10-7-4-3-6(2-1-5-13)8(11)9(7)12/h1-5H. The minimum absolute atomic E-state index is 0.302. The average molecular weight is 235 g/mol. The lowest BCUT2D eigenvalue weighted by Gasteiger charge is -2.01. The molecule has 1 aromatic rings. The Morgan fingerprint density at radius 1 is 1.08 bits per heavy atom. The van der Waals surface area contributed by atoms with E-state index in [0.717, 1.165) is 0 Å². The largest absolute Gasteiger partial charge is 0.299 e. The van der Waals surface area contributed by atoms with Crippen LogP contribution in [0.5, 0.6) is 0 Å². The van der Waals surface area contributed by atoms with Crippen molar-refractivity contribution < 1.29 is 4.79 Å². The van der Waals surface area contributed by atoms with E-state index in [0.29, 0.717) is 26.9 Å². The molecule has 1 aromatic carbocycles. The van der Waals surface area contributed by atoms with Crippen LogP contribution in [0.1, 0.15) is 5.56 Å². The van der Waals surface area contributed by atoms with Crippen LogP contribution in [0.25, 0.3) is 6.08 Å². The molecule has 13 heavy (non-hydrogen) atoms. The minimum atomic E-state index is 0.302. The van der Waals surface area contributed by atoms with Gasteiger partial charge in [-0.2, -0.15) is 0 Å². The van der Waals surface area contributed by atoms with E-state index in [9.17, 15) is 4.79 Å². The Labute approximate surface area is 90.9 Å². The summed E-state index contributed by atoms with van der Waals surface area (Å²) in [4.78, 5) is 10.1. The van der Waals surface area contributed by atoms with Crippen LogP contribution < -0.4 is 0 Å². The molecular formula is C9H5Cl3O. The van der Waals surface area contributed by atoms with Crippen LogP contribution in [0.2, 0.25) is 15.1 Å².